The minimum atomic E-state index is -0.440. The van der Waals surface area contributed by atoms with E-state index in [2.05, 4.69) is 52.0 Å². The van der Waals surface area contributed by atoms with Crippen molar-refractivity contribution in [1.82, 2.24) is 5.01 Å². The maximum Gasteiger partial charge on any atom is 0.254 e. The molecule has 3 aliphatic carbocycles. The van der Waals surface area contributed by atoms with Gasteiger partial charge in [-0.25, -0.2) is 0 Å². The number of hydrogen-bond acceptors (Lipinski definition) is 5. The minimum Gasteiger partial charge on any atom is -0.493 e. The molecular weight excluding hydrogens is 555 g/mol. The molecule has 2 bridgehead atoms. The monoisotopic (exact) mass is 578 g/mol. The summed E-state index contributed by atoms with van der Waals surface area (Å²) >= 11 is 2.18. The highest BCUT2D eigenvalue weighted by Crippen LogP contribution is 2.60. The van der Waals surface area contributed by atoms with Crippen LogP contribution in [0, 0.1) is 15.4 Å². The lowest BCUT2D eigenvalue weighted by Crippen LogP contribution is -2.41. The average molecular weight is 578 g/mol. The summed E-state index contributed by atoms with van der Waals surface area (Å²) in [5, 5.41) is 5.49. The van der Waals surface area contributed by atoms with E-state index < -0.39 is 11.8 Å². The number of rotatable bonds is 5. The first-order valence-electron chi connectivity index (χ1n) is 11.6. The number of amides is 2. The first kappa shape index (κ1) is 22.3. The fraction of sp³-hybridized carbons (Fsp3) is 0.250. The van der Waals surface area contributed by atoms with E-state index in [-0.39, 0.29) is 23.7 Å². The summed E-state index contributed by atoms with van der Waals surface area (Å²) in [5.74, 6) is -0.378. The molecule has 0 aromatic heterocycles. The summed E-state index contributed by atoms with van der Waals surface area (Å²) in [5.41, 5.74) is 5.32. The summed E-state index contributed by atoms with van der Waals surface area (Å²) in [6.45, 7) is 2.44. The van der Waals surface area contributed by atoms with Gasteiger partial charge in [-0.05, 0) is 69.5 Å². The molecule has 7 heteroatoms. The predicted octanol–water partition coefficient (Wildman–Crippen LogP) is 4.92. The molecule has 1 aliphatic heterocycles. The maximum atomic E-state index is 13.7. The number of hydrazone groups is 1. The van der Waals surface area contributed by atoms with E-state index in [0.717, 1.165) is 36.4 Å². The van der Waals surface area contributed by atoms with E-state index in [9.17, 15) is 9.59 Å². The van der Waals surface area contributed by atoms with Gasteiger partial charge in [-0.15, -0.1) is 0 Å². The fourth-order valence-corrected chi connectivity index (χ4v) is 6.78. The van der Waals surface area contributed by atoms with Gasteiger partial charge in [0.1, 0.15) is 0 Å². The Morgan fingerprint density at radius 1 is 0.914 bits per heavy atom. The number of halogens is 1. The van der Waals surface area contributed by atoms with Crippen LogP contribution in [0.2, 0.25) is 0 Å². The topological polar surface area (TPSA) is 68.2 Å². The van der Waals surface area contributed by atoms with Crippen LogP contribution in [-0.2, 0) is 9.59 Å². The van der Waals surface area contributed by atoms with Crippen molar-refractivity contribution < 1.29 is 19.1 Å². The van der Waals surface area contributed by atoms with Gasteiger partial charge in [-0.1, -0.05) is 48.5 Å². The Balaban J connectivity index is 1.38. The highest BCUT2D eigenvalue weighted by molar-refractivity contribution is 14.1. The quantitative estimate of drug-likeness (QED) is 0.245. The highest BCUT2D eigenvalue weighted by Gasteiger charge is 2.61. The molecule has 0 radical (unpaired) electrons. The third kappa shape index (κ3) is 3.24. The molecule has 6 nitrogen and oxygen atoms in total. The molecule has 0 saturated carbocycles. The Hall–Kier alpha value is -3.20. The molecule has 4 aliphatic rings. The summed E-state index contributed by atoms with van der Waals surface area (Å²) in [7, 11) is 1.58. The van der Waals surface area contributed by atoms with Crippen LogP contribution >= 0.6 is 22.6 Å². The van der Waals surface area contributed by atoms with Gasteiger partial charge < -0.3 is 9.47 Å². The van der Waals surface area contributed by atoms with Gasteiger partial charge in [-0.3, -0.25) is 9.59 Å². The number of nitrogens with zero attached hydrogens (tertiary/aromatic N) is 2. The number of methoxy groups -OCH3 is 1. The largest absolute Gasteiger partial charge is 0.493 e. The first-order valence-corrected chi connectivity index (χ1v) is 12.7. The van der Waals surface area contributed by atoms with Crippen LogP contribution in [0.4, 0.5) is 0 Å². The fourth-order valence-electron chi connectivity index (χ4n) is 6.00. The second-order valence-electron chi connectivity index (χ2n) is 8.96. The lowest BCUT2D eigenvalue weighted by atomic mass is 9.55. The third-order valence-electron chi connectivity index (χ3n) is 7.29. The Morgan fingerprint density at radius 3 is 1.89 bits per heavy atom. The van der Waals surface area contributed by atoms with Crippen molar-refractivity contribution in [1.29, 1.82) is 0 Å². The van der Waals surface area contributed by atoms with E-state index in [1.165, 1.54) is 0 Å². The number of imide groups is 1. The van der Waals surface area contributed by atoms with Crippen molar-refractivity contribution in [2.24, 2.45) is 16.9 Å². The Labute approximate surface area is 217 Å². The lowest BCUT2D eigenvalue weighted by Gasteiger charge is -2.45. The SMILES string of the molecule is CCOc1c(I)cc(/C=N\N2C(=O)[C@H]3C4c5ccccc5C(c5ccccc54)[C@@H]3C2=O)cc1OC. The Morgan fingerprint density at radius 2 is 1.43 bits per heavy atom. The second kappa shape index (κ2) is 8.48. The van der Waals surface area contributed by atoms with Crippen LogP contribution in [0.1, 0.15) is 46.6 Å². The van der Waals surface area contributed by atoms with Gasteiger partial charge in [0, 0.05) is 11.8 Å². The van der Waals surface area contributed by atoms with Crippen LogP contribution < -0.4 is 9.47 Å². The molecular formula is C28H23IN2O4. The van der Waals surface area contributed by atoms with Crippen molar-refractivity contribution >= 4 is 40.6 Å². The number of ether oxygens (including phenoxy) is 2. The number of hydrogen-bond donors (Lipinski definition) is 0. The molecule has 3 aromatic rings. The average Bonchev–Trinajstić information content (AvgIpc) is 3.14. The molecule has 2 atom stereocenters. The van der Waals surface area contributed by atoms with Crippen molar-refractivity contribution in [3.05, 3.63) is 92.1 Å². The molecule has 1 fully saturated rings. The molecule has 0 unspecified atom stereocenters. The van der Waals surface area contributed by atoms with Gasteiger partial charge in [0.2, 0.25) is 0 Å². The van der Waals surface area contributed by atoms with Gasteiger partial charge in [-0.2, -0.15) is 10.1 Å². The maximum absolute atomic E-state index is 13.7. The zero-order valence-corrected chi connectivity index (χ0v) is 21.4. The number of benzene rings is 3. The molecule has 1 heterocycles. The molecule has 0 spiro atoms. The van der Waals surface area contributed by atoms with Crippen LogP contribution in [0.25, 0.3) is 0 Å². The van der Waals surface area contributed by atoms with Crippen molar-refractivity contribution in [2.45, 2.75) is 18.8 Å². The molecule has 7 rings (SSSR count). The lowest BCUT2D eigenvalue weighted by molar-refractivity contribution is -0.139. The van der Waals surface area contributed by atoms with Crippen LogP contribution in [0.5, 0.6) is 11.5 Å². The van der Waals surface area contributed by atoms with Crippen LogP contribution in [0.3, 0.4) is 0 Å². The van der Waals surface area contributed by atoms with E-state index in [1.54, 1.807) is 19.4 Å². The summed E-state index contributed by atoms with van der Waals surface area (Å²) < 4.78 is 12.0. The van der Waals surface area contributed by atoms with Crippen molar-refractivity contribution in [3.63, 3.8) is 0 Å². The summed E-state index contributed by atoms with van der Waals surface area (Å²) in [6.07, 6.45) is 1.55. The van der Waals surface area contributed by atoms with Crippen LogP contribution in [0.15, 0.2) is 65.8 Å². The molecule has 3 aromatic carbocycles. The molecule has 0 N–H and O–H groups in total. The van der Waals surface area contributed by atoms with E-state index in [4.69, 9.17) is 9.47 Å². The van der Waals surface area contributed by atoms with Gasteiger partial charge >= 0.3 is 0 Å². The summed E-state index contributed by atoms with van der Waals surface area (Å²) in [4.78, 5) is 27.3. The molecule has 2 amide bonds. The zero-order valence-electron chi connectivity index (χ0n) is 19.3. The molecule has 35 heavy (non-hydrogen) atoms. The normalized spacial score (nSPS) is 23.9. The van der Waals surface area contributed by atoms with Crippen molar-refractivity contribution in [2.75, 3.05) is 13.7 Å². The van der Waals surface area contributed by atoms with Crippen LogP contribution in [-0.4, -0.2) is 36.8 Å². The van der Waals surface area contributed by atoms with Gasteiger partial charge in [0.25, 0.3) is 11.8 Å². The van der Waals surface area contributed by atoms with E-state index in [0.29, 0.717) is 18.1 Å². The number of carbonyl (C=O) groups is 2. The Bertz CT molecular complexity index is 1290. The van der Waals surface area contributed by atoms with Gasteiger partial charge in [0.05, 0.1) is 35.3 Å². The first-order chi connectivity index (χ1) is 17.0. The zero-order chi connectivity index (χ0) is 24.3. The predicted molar refractivity (Wildman–Crippen MR) is 140 cm³/mol. The minimum absolute atomic E-state index is 0.138. The standard InChI is InChI=1S/C28H23IN2O4/c1-3-35-26-20(29)12-15(13-21(26)34-2)14-30-31-27(32)24-22-16-8-4-5-9-17(16)23(25(24)28(31)33)19-11-7-6-10-18(19)22/h4-14,22-25H,3H2,1-2H3/b30-14-/t22?,23?,24-,25-/m0/s1. The van der Waals surface area contributed by atoms with E-state index >= 15 is 0 Å². The molecule has 176 valence electrons. The number of carbonyl (C=O) groups excluding carboxylic acids is 2. The van der Waals surface area contributed by atoms with E-state index in [1.807, 2.05) is 37.3 Å². The second-order valence-corrected chi connectivity index (χ2v) is 10.1. The van der Waals surface area contributed by atoms with Gasteiger partial charge in [0.15, 0.2) is 11.5 Å². The highest BCUT2D eigenvalue weighted by atomic mass is 127. The Kier molecular flexibility index (Phi) is 5.40. The summed E-state index contributed by atoms with van der Waals surface area (Å²) in [6, 6.07) is 20.1. The van der Waals surface area contributed by atoms with Crippen molar-refractivity contribution in [3.8, 4) is 11.5 Å². The molecule has 1 saturated heterocycles. The third-order valence-corrected chi connectivity index (χ3v) is 8.09. The smallest absolute Gasteiger partial charge is 0.254 e.